The number of nitrogens with one attached hydrogen (secondary N) is 1. The highest BCUT2D eigenvalue weighted by molar-refractivity contribution is 6.30. The van der Waals surface area contributed by atoms with Crippen molar-refractivity contribution in [1.82, 2.24) is 15.1 Å². The van der Waals surface area contributed by atoms with E-state index >= 15 is 0 Å². The van der Waals surface area contributed by atoms with Gasteiger partial charge in [0.05, 0.1) is 11.7 Å². The van der Waals surface area contributed by atoms with E-state index < -0.39 is 0 Å². The number of halogens is 2. The number of hydrogen-bond acceptors (Lipinski definition) is 2. The van der Waals surface area contributed by atoms with Crippen molar-refractivity contribution in [2.45, 2.75) is 25.9 Å². The van der Waals surface area contributed by atoms with Gasteiger partial charge < -0.3 is 4.90 Å². The second-order valence-electron chi connectivity index (χ2n) is 6.63. The number of aromatic nitrogens is 2. The second-order valence-corrected chi connectivity index (χ2v) is 7.06. The van der Waals surface area contributed by atoms with Gasteiger partial charge in [-0.15, -0.1) is 0 Å². The van der Waals surface area contributed by atoms with E-state index in [2.05, 4.69) is 10.2 Å². The van der Waals surface area contributed by atoms with Gasteiger partial charge in [-0.3, -0.25) is 9.89 Å². The van der Waals surface area contributed by atoms with Crippen LogP contribution in [-0.2, 0) is 0 Å². The average Bonchev–Trinajstić information content (AvgIpc) is 3.16. The molecule has 4 rings (SSSR count). The number of carbonyl (C=O) groups is 1. The Hall–Kier alpha value is -2.66. The zero-order chi connectivity index (χ0) is 18.4. The van der Waals surface area contributed by atoms with Crippen LogP contribution in [0.15, 0.2) is 48.5 Å². The summed E-state index contributed by atoms with van der Waals surface area (Å²) in [5, 5.41) is 7.92. The maximum absolute atomic E-state index is 13.4. The van der Waals surface area contributed by atoms with Crippen LogP contribution in [0, 0.1) is 5.82 Å². The Balaban J connectivity index is 1.90. The van der Waals surface area contributed by atoms with E-state index in [0.717, 1.165) is 16.7 Å². The van der Waals surface area contributed by atoms with E-state index in [4.69, 9.17) is 11.6 Å². The summed E-state index contributed by atoms with van der Waals surface area (Å²) in [5.74, 6) is -0.406. The number of fused-ring (bicyclic) bond motifs is 1. The molecular weight excluding hydrogens is 353 g/mol. The smallest absolute Gasteiger partial charge is 0.273 e. The van der Waals surface area contributed by atoms with Crippen molar-refractivity contribution in [2.75, 3.05) is 0 Å². The maximum atomic E-state index is 13.4. The third-order valence-corrected chi connectivity index (χ3v) is 4.92. The van der Waals surface area contributed by atoms with Crippen LogP contribution in [0.2, 0.25) is 5.02 Å². The van der Waals surface area contributed by atoms with Gasteiger partial charge in [-0.25, -0.2) is 4.39 Å². The molecule has 1 N–H and O–H groups in total. The van der Waals surface area contributed by atoms with Gasteiger partial charge in [0, 0.05) is 22.2 Å². The highest BCUT2D eigenvalue weighted by Gasteiger charge is 2.43. The van der Waals surface area contributed by atoms with E-state index in [-0.39, 0.29) is 23.8 Å². The Kier molecular flexibility index (Phi) is 4.04. The van der Waals surface area contributed by atoms with Crippen LogP contribution < -0.4 is 0 Å². The SMILES string of the molecule is CC(C)N1C(=O)c2[nH]nc(-c3ccc(Cl)cc3)c2C1c1ccc(F)cc1. The Morgan fingerprint density at radius 1 is 1.12 bits per heavy atom. The molecule has 1 amide bonds. The second kappa shape index (κ2) is 6.25. The zero-order valence-corrected chi connectivity index (χ0v) is 15.1. The summed E-state index contributed by atoms with van der Waals surface area (Å²) in [5.41, 5.74) is 3.74. The van der Waals surface area contributed by atoms with Crippen LogP contribution in [0.25, 0.3) is 11.3 Å². The predicted octanol–water partition coefficient (Wildman–Crippen LogP) is 4.82. The van der Waals surface area contributed by atoms with Crippen molar-refractivity contribution in [3.63, 3.8) is 0 Å². The Labute approximate surface area is 155 Å². The molecule has 3 aromatic rings. The van der Waals surface area contributed by atoms with Gasteiger partial charge in [-0.05, 0) is 43.7 Å². The van der Waals surface area contributed by atoms with Crippen molar-refractivity contribution in [3.8, 4) is 11.3 Å². The average molecular weight is 370 g/mol. The monoisotopic (exact) mass is 369 g/mol. The zero-order valence-electron chi connectivity index (χ0n) is 14.3. The molecule has 132 valence electrons. The number of amides is 1. The van der Waals surface area contributed by atoms with Gasteiger partial charge in [-0.2, -0.15) is 5.10 Å². The molecule has 0 aliphatic carbocycles. The fourth-order valence-electron chi connectivity index (χ4n) is 3.50. The number of nitrogens with zero attached hydrogens (tertiary/aromatic N) is 2. The first-order chi connectivity index (χ1) is 12.5. The van der Waals surface area contributed by atoms with Crippen LogP contribution >= 0.6 is 11.6 Å². The third-order valence-electron chi connectivity index (χ3n) is 4.66. The minimum absolute atomic E-state index is 0.0172. The quantitative estimate of drug-likeness (QED) is 0.719. The molecule has 1 aromatic heterocycles. The van der Waals surface area contributed by atoms with Gasteiger partial charge in [0.2, 0.25) is 0 Å². The van der Waals surface area contributed by atoms with E-state index in [9.17, 15) is 9.18 Å². The fourth-order valence-corrected chi connectivity index (χ4v) is 3.62. The molecule has 0 saturated carbocycles. The Morgan fingerprint density at radius 2 is 1.77 bits per heavy atom. The van der Waals surface area contributed by atoms with Crippen molar-refractivity contribution in [1.29, 1.82) is 0 Å². The van der Waals surface area contributed by atoms with Crippen molar-refractivity contribution >= 4 is 17.5 Å². The molecule has 1 unspecified atom stereocenters. The van der Waals surface area contributed by atoms with E-state index in [1.165, 1.54) is 12.1 Å². The number of rotatable bonds is 3. The molecule has 2 heterocycles. The summed E-state index contributed by atoms with van der Waals surface area (Å²) in [6, 6.07) is 13.3. The molecule has 0 spiro atoms. The molecule has 1 aliphatic rings. The lowest BCUT2D eigenvalue weighted by Gasteiger charge is -2.29. The van der Waals surface area contributed by atoms with Gasteiger partial charge in [-0.1, -0.05) is 35.9 Å². The normalized spacial score (nSPS) is 16.4. The Bertz CT molecular complexity index is 964. The molecule has 0 saturated heterocycles. The summed E-state index contributed by atoms with van der Waals surface area (Å²) in [6.45, 7) is 3.94. The summed E-state index contributed by atoms with van der Waals surface area (Å²) in [4.78, 5) is 14.7. The minimum atomic E-state index is -0.317. The predicted molar refractivity (Wildman–Crippen MR) is 98.6 cm³/mol. The lowest BCUT2D eigenvalue weighted by Crippen LogP contribution is -2.35. The van der Waals surface area contributed by atoms with Crippen molar-refractivity contribution in [3.05, 3.63) is 76.2 Å². The van der Waals surface area contributed by atoms with Gasteiger partial charge >= 0.3 is 0 Å². The number of carbonyl (C=O) groups excluding carboxylic acids is 1. The highest BCUT2D eigenvalue weighted by Crippen LogP contribution is 2.43. The Morgan fingerprint density at radius 3 is 2.38 bits per heavy atom. The molecule has 2 aromatic carbocycles. The van der Waals surface area contributed by atoms with Crippen LogP contribution in [0.4, 0.5) is 4.39 Å². The fraction of sp³-hybridized carbons (Fsp3) is 0.200. The molecular formula is C20H17ClFN3O. The van der Waals surface area contributed by atoms with E-state index in [1.807, 2.05) is 26.0 Å². The lowest BCUT2D eigenvalue weighted by atomic mass is 9.95. The number of H-pyrrole nitrogens is 1. The van der Waals surface area contributed by atoms with Crippen LogP contribution in [0.3, 0.4) is 0 Å². The van der Waals surface area contributed by atoms with Gasteiger partial charge in [0.25, 0.3) is 5.91 Å². The topological polar surface area (TPSA) is 49.0 Å². The highest BCUT2D eigenvalue weighted by atomic mass is 35.5. The molecule has 0 fully saturated rings. The molecule has 4 nitrogen and oxygen atoms in total. The van der Waals surface area contributed by atoms with Crippen molar-refractivity contribution in [2.24, 2.45) is 0 Å². The first-order valence-corrected chi connectivity index (χ1v) is 8.77. The van der Waals surface area contributed by atoms with Gasteiger partial charge in [0.1, 0.15) is 11.5 Å². The van der Waals surface area contributed by atoms with E-state index in [1.54, 1.807) is 29.2 Å². The number of benzene rings is 2. The number of aromatic amines is 1. The van der Waals surface area contributed by atoms with Crippen LogP contribution in [0.5, 0.6) is 0 Å². The third kappa shape index (κ3) is 2.59. The summed E-state index contributed by atoms with van der Waals surface area (Å²) < 4.78 is 13.4. The maximum Gasteiger partial charge on any atom is 0.273 e. The molecule has 6 heteroatoms. The summed E-state index contributed by atoms with van der Waals surface area (Å²) in [6.07, 6.45) is 0. The number of hydrogen-bond donors (Lipinski definition) is 1. The van der Waals surface area contributed by atoms with Gasteiger partial charge in [0.15, 0.2) is 0 Å². The molecule has 26 heavy (non-hydrogen) atoms. The molecule has 0 bridgehead atoms. The first-order valence-electron chi connectivity index (χ1n) is 8.39. The largest absolute Gasteiger partial charge is 0.324 e. The molecule has 0 radical (unpaired) electrons. The van der Waals surface area contributed by atoms with E-state index in [0.29, 0.717) is 16.4 Å². The van der Waals surface area contributed by atoms with Crippen LogP contribution in [-0.4, -0.2) is 27.0 Å². The van der Waals surface area contributed by atoms with Crippen LogP contribution in [0.1, 0.15) is 41.5 Å². The summed E-state index contributed by atoms with van der Waals surface area (Å²) >= 11 is 5.99. The van der Waals surface area contributed by atoms with Crippen molar-refractivity contribution < 1.29 is 9.18 Å². The summed E-state index contributed by atoms with van der Waals surface area (Å²) in [7, 11) is 0. The molecule has 1 atom stereocenters. The minimum Gasteiger partial charge on any atom is -0.324 e. The molecule has 1 aliphatic heterocycles. The first kappa shape index (κ1) is 16.8. The lowest BCUT2D eigenvalue weighted by molar-refractivity contribution is 0.0688. The standard InChI is InChI=1S/C20H17ClFN3O/c1-11(2)25-19(13-5-9-15(22)10-6-13)16-17(23-24-18(16)20(25)26)12-3-7-14(21)8-4-12/h3-11,19H,1-2H3,(H,23,24).